The van der Waals surface area contributed by atoms with Crippen LogP contribution in [-0.4, -0.2) is 36.1 Å². The van der Waals surface area contributed by atoms with Crippen LogP contribution in [0, 0.1) is 23.7 Å². The molecule has 4 atom stereocenters. The Hall–Kier alpha value is -0.0800. The third kappa shape index (κ3) is 1.82. The third-order valence-corrected chi connectivity index (χ3v) is 7.10. The van der Waals surface area contributed by atoms with Gasteiger partial charge in [-0.05, 0) is 75.3 Å². The van der Waals surface area contributed by atoms with Crippen molar-refractivity contribution in [1.29, 1.82) is 0 Å². The van der Waals surface area contributed by atoms with Crippen molar-refractivity contribution < 1.29 is 0 Å². The number of rotatable bonds is 3. The van der Waals surface area contributed by atoms with Gasteiger partial charge in [-0.2, -0.15) is 0 Å². The quantitative estimate of drug-likeness (QED) is 0.841. The summed E-state index contributed by atoms with van der Waals surface area (Å²) in [6, 6.07) is 0.989. The molecule has 2 bridgehead atoms. The van der Waals surface area contributed by atoms with Gasteiger partial charge >= 0.3 is 0 Å². The number of fused-ring (bicyclic) bond motifs is 5. The highest BCUT2D eigenvalue weighted by atomic mass is 15.3. The van der Waals surface area contributed by atoms with E-state index in [-0.39, 0.29) is 0 Å². The van der Waals surface area contributed by atoms with Crippen molar-refractivity contribution >= 4 is 0 Å². The first-order chi connectivity index (χ1) is 9.28. The molecular weight excluding hydrogens is 232 g/mol. The summed E-state index contributed by atoms with van der Waals surface area (Å²) < 4.78 is 0. The average molecular weight is 262 g/mol. The van der Waals surface area contributed by atoms with E-state index in [9.17, 15) is 0 Å². The van der Waals surface area contributed by atoms with Crippen LogP contribution >= 0.6 is 0 Å². The lowest BCUT2D eigenvalue weighted by Gasteiger charge is -2.36. The summed E-state index contributed by atoms with van der Waals surface area (Å²) in [4.78, 5) is 2.91. The second-order valence-corrected chi connectivity index (χ2v) is 7.72. The van der Waals surface area contributed by atoms with Crippen LogP contribution in [0.4, 0.5) is 0 Å². The van der Waals surface area contributed by atoms with E-state index in [1.165, 1.54) is 38.9 Å². The van der Waals surface area contributed by atoms with Gasteiger partial charge in [-0.3, -0.25) is 4.90 Å². The molecule has 4 unspecified atom stereocenters. The first-order valence-corrected chi connectivity index (χ1v) is 8.77. The smallest absolute Gasteiger partial charge is 0.0303 e. The van der Waals surface area contributed by atoms with E-state index in [4.69, 9.17) is 0 Å². The molecule has 0 aromatic heterocycles. The monoisotopic (exact) mass is 262 g/mol. The van der Waals surface area contributed by atoms with E-state index in [2.05, 4.69) is 24.1 Å². The van der Waals surface area contributed by atoms with E-state index < -0.39 is 0 Å². The van der Waals surface area contributed by atoms with E-state index >= 15 is 0 Å². The minimum absolute atomic E-state index is 0.409. The standard InChI is InChI=1S/C17H30N2/c1-3-17(4-2)11-19(9-5-8-18-17)16-14-12-6-7-13(10-12)15(14)16/h12-16,18H,3-11H2,1-2H3. The molecule has 1 heterocycles. The molecule has 4 aliphatic rings. The summed E-state index contributed by atoms with van der Waals surface area (Å²) in [7, 11) is 0. The molecule has 0 spiro atoms. The van der Waals surface area contributed by atoms with Crippen LogP contribution in [0.15, 0.2) is 0 Å². The van der Waals surface area contributed by atoms with Gasteiger partial charge in [0.2, 0.25) is 0 Å². The topological polar surface area (TPSA) is 15.3 Å². The summed E-state index contributed by atoms with van der Waals surface area (Å²) in [5, 5.41) is 3.87. The first kappa shape index (κ1) is 12.6. The van der Waals surface area contributed by atoms with Gasteiger partial charge in [0.15, 0.2) is 0 Å². The van der Waals surface area contributed by atoms with Gasteiger partial charge in [-0.1, -0.05) is 13.8 Å². The van der Waals surface area contributed by atoms with E-state index in [0.717, 1.165) is 29.7 Å². The third-order valence-electron chi connectivity index (χ3n) is 7.10. The molecule has 1 aliphatic heterocycles. The largest absolute Gasteiger partial charge is 0.310 e. The van der Waals surface area contributed by atoms with Crippen LogP contribution in [0.2, 0.25) is 0 Å². The predicted molar refractivity (Wildman–Crippen MR) is 79.1 cm³/mol. The molecule has 3 saturated carbocycles. The molecule has 2 nitrogen and oxygen atoms in total. The SMILES string of the molecule is CCC1(CC)CN(C2C3C4CCC(C4)C32)CCCN1. The van der Waals surface area contributed by atoms with E-state index in [1.807, 2.05) is 0 Å². The second kappa shape index (κ2) is 4.46. The first-order valence-electron chi connectivity index (χ1n) is 8.77. The molecule has 2 heteroatoms. The van der Waals surface area contributed by atoms with Crippen molar-refractivity contribution in [3.63, 3.8) is 0 Å². The Bertz CT molecular complexity index is 333. The maximum atomic E-state index is 3.87. The van der Waals surface area contributed by atoms with Gasteiger partial charge in [0.1, 0.15) is 0 Å². The Morgan fingerprint density at radius 2 is 1.79 bits per heavy atom. The maximum absolute atomic E-state index is 3.87. The summed E-state index contributed by atoms with van der Waals surface area (Å²) in [5.41, 5.74) is 0.409. The normalized spacial score (nSPS) is 48.0. The Labute approximate surface area is 118 Å². The van der Waals surface area contributed by atoms with Gasteiger partial charge in [-0.15, -0.1) is 0 Å². The van der Waals surface area contributed by atoms with Crippen molar-refractivity contribution in [2.24, 2.45) is 23.7 Å². The fourth-order valence-corrected chi connectivity index (χ4v) is 5.90. The molecule has 4 fully saturated rings. The summed E-state index contributed by atoms with van der Waals surface area (Å²) in [6.07, 6.45) is 8.63. The number of hydrogen-bond donors (Lipinski definition) is 1. The lowest BCUT2D eigenvalue weighted by Crippen LogP contribution is -2.51. The highest BCUT2D eigenvalue weighted by molar-refractivity contribution is 5.18. The van der Waals surface area contributed by atoms with Crippen molar-refractivity contribution in [2.45, 2.75) is 64.0 Å². The molecular formula is C17H30N2. The zero-order chi connectivity index (χ0) is 13.0. The van der Waals surface area contributed by atoms with Gasteiger partial charge in [0, 0.05) is 18.1 Å². The molecule has 4 rings (SSSR count). The van der Waals surface area contributed by atoms with Crippen LogP contribution in [0.3, 0.4) is 0 Å². The van der Waals surface area contributed by atoms with Crippen molar-refractivity contribution in [1.82, 2.24) is 10.2 Å². The van der Waals surface area contributed by atoms with E-state index in [0.29, 0.717) is 5.54 Å². The van der Waals surface area contributed by atoms with Crippen LogP contribution < -0.4 is 5.32 Å². The summed E-state index contributed by atoms with van der Waals surface area (Å²) in [5.74, 6) is 4.47. The maximum Gasteiger partial charge on any atom is 0.0303 e. The van der Waals surface area contributed by atoms with Crippen LogP contribution in [-0.2, 0) is 0 Å². The lowest BCUT2D eigenvalue weighted by molar-refractivity contribution is 0.166. The van der Waals surface area contributed by atoms with Crippen LogP contribution in [0.1, 0.15) is 52.4 Å². The van der Waals surface area contributed by atoms with Gasteiger partial charge in [-0.25, -0.2) is 0 Å². The lowest BCUT2D eigenvalue weighted by atomic mass is 9.92. The zero-order valence-corrected chi connectivity index (χ0v) is 12.7. The Morgan fingerprint density at radius 1 is 1.11 bits per heavy atom. The highest BCUT2D eigenvalue weighted by Gasteiger charge is 2.66. The molecule has 0 aromatic rings. The Kier molecular flexibility index (Phi) is 2.97. The Morgan fingerprint density at radius 3 is 2.42 bits per heavy atom. The van der Waals surface area contributed by atoms with Gasteiger partial charge in [0.05, 0.1) is 0 Å². The molecule has 3 aliphatic carbocycles. The van der Waals surface area contributed by atoms with Crippen molar-refractivity contribution in [2.75, 3.05) is 19.6 Å². The molecule has 1 N–H and O–H groups in total. The predicted octanol–water partition coefficient (Wildman–Crippen LogP) is 2.89. The Balaban J connectivity index is 1.49. The average Bonchev–Trinajstić information content (AvgIpc) is 2.98. The molecule has 19 heavy (non-hydrogen) atoms. The second-order valence-electron chi connectivity index (χ2n) is 7.72. The molecule has 0 radical (unpaired) electrons. The molecule has 0 amide bonds. The molecule has 1 saturated heterocycles. The van der Waals surface area contributed by atoms with Gasteiger partial charge < -0.3 is 5.32 Å². The van der Waals surface area contributed by atoms with Crippen LogP contribution in [0.25, 0.3) is 0 Å². The number of nitrogens with one attached hydrogen (secondary N) is 1. The number of hydrogen-bond acceptors (Lipinski definition) is 2. The van der Waals surface area contributed by atoms with E-state index in [1.54, 1.807) is 19.3 Å². The summed E-state index contributed by atoms with van der Waals surface area (Å²) in [6.45, 7) is 8.64. The summed E-state index contributed by atoms with van der Waals surface area (Å²) >= 11 is 0. The van der Waals surface area contributed by atoms with Crippen molar-refractivity contribution in [3.05, 3.63) is 0 Å². The van der Waals surface area contributed by atoms with Crippen LogP contribution in [0.5, 0.6) is 0 Å². The highest BCUT2D eigenvalue weighted by Crippen LogP contribution is 2.67. The van der Waals surface area contributed by atoms with Gasteiger partial charge in [0.25, 0.3) is 0 Å². The number of nitrogens with zero attached hydrogens (tertiary/aromatic N) is 1. The fraction of sp³-hybridized carbons (Fsp3) is 1.00. The fourth-order valence-electron chi connectivity index (χ4n) is 5.90. The minimum atomic E-state index is 0.409. The molecule has 108 valence electrons. The minimum Gasteiger partial charge on any atom is -0.310 e. The van der Waals surface area contributed by atoms with Crippen molar-refractivity contribution in [3.8, 4) is 0 Å². The zero-order valence-electron chi connectivity index (χ0n) is 12.7. The molecule has 0 aromatic carbocycles.